The van der Waals surface area contributed by atoms with E-state index in [-0.39, 0.29) is 6.04 Å². The van der Waals surface area contributed by atoms with Crippen LogP contribution in [-0.4, -0.2) is 28.1 Å². The molecule has 104 valence electrons. The number of hydrogen-bond donors (Lipinski definition) is 1. The van der Waals surface area contributed by atoms with Crippen molar-refractivity contribution in [3.05, 3.63) is 35.4 Å². The molecular weight excluding hydrogens is 238 g/mol. The van der Waals surface area contributed by atoms with Gasteiger partial charge in [0.1, 0.15) is 6.04 Å². The number of hydrogen-bond acceptors (Lipinski definition) is 2. The fraction of sp³-hybridized carbons (Fsp3) is 0.562. The largest absolute Gasteiger partial charge is 0.480 e. The summed E-state index contributed by atoms with van der Waals surface area (Å²) in [5.74, 6) is -0.691. The molecule has 0 amide bonds. The maximum atomic E-state index is 11.6. The van der Waals surface area contributed by atoms with Crippen LogP contribution in [0.5, 0.6) is 0 Å². The first-order chi connectivity index (χ1) is 9.17. The van der Waals surface area contributed by atoms with Gasteiger partial charge in [0.05, 0.1) is 0 Å². The van der Waals surface area contributed by atoms with Gasteiger partial charge in [-0.2, -0.15) is 0 Å². The molecule has 2 atom stereocenters. The Morgan fingerprint density at radius 1 is 1.37 bits per heavy atom. The van der Waals surface area contributed by atoms with Crippen molar-refractivity contribution < 1.29 is 9.90 Å². The fourth-order valence-electron chi connectivity index (χ4n) is 3.09. The molecule has 0 fully saturated rings. The number of carbonyl (C=O) groups is 1. The molecule has 1 heterocycles. The second-order valence-corrected chi connectivity index (χ2v) is 5.35. The number of fused-ring (bicyclic) bond motifs is 1. The molecular formula is C16H23NO2. The van der Waals surface area contributed by atoms with E-state index in [9.17, 15) is 9.90 Å². The highest BCUT2D eigenvalue weighted by Crippen LogP contribution is 2.27. The Morgan fingerprint density at radius 3 is 2.63 bits per heavy atom. The van der Waals surface area contributed by atoms with Crippen LogP contribution < -0.4 is 0 Å². The highest BCUT2D eigenvalue weighted by molar-refractivity contribution is 5.74. The third-order valence-electron chi connectivity index (χ3n) is 4.13. The predicted molar refractivity (Wildman–Crippen MR) is 76.1 cm³/mol. The summed E-state index contributed by atoms with van der Waals surface area (Å²) in [7, 11) is 0. The van der Waals surface area contributed by atoms with Crippen molar-refractivity contribution in [1.82, 2.24) is 4.90 Å². The first-order valence-electron chi connectivity index (χ1n) is 7.22. The zero-order valence-corrected chi connectivity index (χ0v) is 11.8. The van der Waals surface area contributed by atoms with Gasteiger partial charge < -0.3 is 5.11 Å². The van der Waals surface area contributed by atoms with Gasteiger partial charge >= 0.3 is 5.97 Å². The van der Waals surface area contributed by atoms with Crippen molar-refractivity contribution in [2.75, 3.05) is 0 Å². The van der Waals surface area contributed by atoms with Gasteiger partial charge in [0.2, 0.25) is 0 Å². The van der Waals surface area contributed by atoms with E-state index >= 15 is 0 Å². The van der Waals surface area contributed by atoms with Crippen LogP contribution in [0.25, 0.3) is 0 Å². The van der Waals surface area contributed by atoms with Gasteiger partial charge in [0.15, 0.2) is 0 Å². The summed E-state index contributed by atoms with van der Waals surface area (Å²) < 4.78 is 0. The number of nitrogens with zero attached hydrogens (tertiary/aromatic N) is 1. The van der Waals surface area contributed by atoms with Gasteiger partial charge in [-0.1, -0.05) is 44.5 Å². The normalized spacial score (nSPS) is 20.8. The number of carboxylic acid groups (broad SMARTS) is 1. The molecule has 1 N–H and O–H groups in total. The Bertz CT molecular complexity index is 444. The first-order valence-corrected chi connectivity index (χ1v) is 7.22. The molecule has 3 nitrogen and oxygen atoms in total. The zero-order valence-electron chi connectivity index (χ0n) is 11.8. The van der Waals surface area contributed by atoms with Crippen LogP contribution >= 0.6 is 0 Å². The SMILES string of the molecule is CCCC(CC)N1Cc2ccccc2CC1C(=O)O. The molecule has 1 aromatic rings. The lowest BCUT2D eigenvalue weighted by atomic mass is 9.91. The summed E-state index contributed by atoms with van der Waals surface area (Å²) in [6, 6.07) is 8.23. The Morgan fingerprint density at radius 2 is 2.05 bits per heavy atom. The monoisotopic (exact) mass is 261 g/mol. The summed E-state index contributed by atoms with van der Waals surface area (Å²) in [5, 5.41) is 9.51. The summed E-state index contributed by atoms with van der Waals surface area (Å²) in [5.41, 5.74) is 2.48. The lowest BCUT2D eigenvalue weighted by molar-refractivity contribution is -0.145. The fourth-order valence-corrected chi connectivity index (χ4v) is 3.09. The highest BCUT2D eigenvalue weighted by Gasteiger charge is 2.34. The van der Waals surface area contributed by atoms with Crippen LogP contribution in [0.1, 0.15) is 44.2 Å². The van der Waals surface area contributed by atoms with Crippen LogP contribution in [0.3, 0.4) is 0 Å². The molecule has 0 bridgehead atoms. The second-order valence-electron chi connectivity index (χ2n) is 5.35. The van der Waals surface area contributed by atoms with E-state index in [0.717, 1.165) is 25.8 Å². The van der Waals surface area contributed by atoms with E-state index in [1.54, 1.807) is 0 Å². The van der Waals surface area contributed by atoms with E-state index in [1.807, 2.05) is 12.1 Å². The Hall–Kier alpha value is -1.35. The van der Waals surface area contributed by atoms with Crippen LogP contribution in [0.15, 0.2) is 24.3 Å². The Kier molecular flexibility index (Phi) is 4.59. The average Bonchev–Trinajstić information content (AvgIpc) is 2.43. The number of carboxylic acids is 1. The van der Waals surface area contributed by atoms with Crippen molar-refractivity contribution in [1.29, 1.82) is 0 Å². The number of rotatable bonds is 5. The van der Waals surface area contributed by atoms with Crippen LogP contribution in [0.2, 0.25) is 0 Å². The van der Waals surface area contributed by atoms with E-state index in [4.69, 9.17) is 0 Å². The minimum absolute atomic E-state index is 0.369. The lowest BCUT2D eigenvalue weighted by Crippen LogP contribution is -2.50. The highest BCUT2D eigenvalue weighted by atomic mass is 16.4. The quantitative estimate of drug-likeness (QED) is 0.885. The minimum Gasteiger partial charge on any atom is -0.480 e. The molecule has 0 saturated heterocycles. The number of aliphatic carboxylic acids is 1. The van der Waals surface area contributed by atoms with Crippen LogP contribution in [-0.2, 0) is 17.8 Å². The predicted octanol–water partition coefficient (Wildman–Crippen LogP) is 3.08. The second kappa shape index (κ2) is 6.20. The molecule has 1 aromatic carbocycles. The first kappa shape index (κ1) is 14.1. The number of benzene rings is 1. The molecule has 1 aliphatic heterocycles. The summed E-state index contributed by atoms with van der Waals surface area (Å²) >= 11 is 0. The van der Waals surface area contributed by atoms with Crippen molar-refractivity contribution in [3.63, 3.8) is 0 Å². The molecule has 2 rings (SSSR count). The third-order valence-corrected chi connectivity index (χ3v) is 4.13. The standard InChI is InChI=1S/C16H23NO2/c1-3-7-14(4-2)17-11-13-9-6-5-8-12(13)10-15(17)16(18)19/h5-6,8-9,14-15H,3-4,7,10-11H2,1-2H3,(H,18,19). The Balaban J connectivity index is 2.28. The molecule has 19 heavy (non-hydrogen) atoms. The molecule has 0 aliphatic carbocycles. The van der Waals surface area contributed by atoms with E-state index in [0.29, 0.717) is 12.5 Å². The van der Waals surface area contributed by atoms with Gasteiger partial charge in [-0.15, -0.1) is 0 Å². The minimum atomic E-state index is -0.691. The van der Waals surface area contributed by atoms with Crippen LogP contribution in [0, 0.1) is 0 Å². The average molecular weight is 261 g/mol. The van der Waals surface area contributed by atoms with E-state index in [2.05, 4.69) is 30.9 Å². The van der Waals surface area contributed by atoms with Gasteiger partial charge in [-0.05, 0) is 30.4 Å². The molecule has 0 spiro atoms. The third kappa shape index (κ3) is 2.98. The van der Waals surface area contributed by atoms with Gasteiger partial charge in [-0.3, -0.25) is 9.69 Å². The summed E-state index contributed by atoms with van der Waals surface area (Å²) in [6.07, 6.45) is 3.82. The molecule has 1 aliphatic rings. The topological polar surface area (TPSA) is 40.5 Å². The molecule has 2 unspecified atom stereocenters. The van der Waals surface area contributed by atoms with Crippen molar-refractivity contribution in [3.8, 4) is 0 Å². The molecule has 0 radical (unpaired) electrons. The zero-order chi connectivity index (χ0) is 13.8. The molecule has 0 saturated carbocycles. The van der Waals surface area contributed by atoms with Crippen LogP contribution in [0.4, 0.5) is 0 Å². The molecule has 0 aromatic heterocycles. The van der Waals surface area contributed by atoms with Crippen molar-refractivity contribution >= 4 is 5.97 Å². The van der Waals surface area contributed by atoms with Crippen molar-refractivity contribution in [2.24, 2.45) is 0 Å². The van der Waals surface area contributed by atoms with Crippen molar-refractivity contribution in [2.45, 2.75) is 58.2 Å². The van der Waals surface area contributed by atoms with E-state index < -0.39 is 5.97 Å². The molecule has 3 heteroatoms. The smallest absolute Gasteiger partial charge is 0.321 e. The lowest BCUT2D eigenvalue weighted by Gasteiger charge is -2.39. The van der Waals surface area contributed by atoms with E-state index in [1.165, 1.54) is 11.1 Å². The van der Waals surface area contributed by atoms with Gasteiger partial charge in [0, 0.05) is 12.6 Å². The summed E-state index contributed by atoms with van der Waals surface area (Å²) in [6.45, 7) is 5.09. The maximum absolute atomic E-state index is 11.6. The van der Waals surface area contributed by atoms with Gasteiger partial charge in [0.25, 0.3) is 0 Å². The van der Waals surface area contributed by atoms with Gasteiger partial charge in [-0.25, -0.2) is 0 Å². The Labute approximate surface area is 115 Å². The maximum Gasteiger partial charge on any atom is 0.321 e. The summed E-state index contributed by atoms with van der Waals surface area (Å²) in [4.78, 5) is 13.7.